The highest BCUT2D eigenvalue weighted by Gasteiger charge is 2.29. The van der Waals surface area contributed by atoms with Crippen molar-refractivity contribution in [2.24, 2.45) is 10.9 Å². The molecule has 0 aliphatic carbocycles. The predicted molar refractivity (Wildman–Crippen MR) is 71.2 cm³/mol. The lowest BCUT2D eigenvalue weighted by Gasteiger charge is -2.12. The molecule has 1 fully saturated rings. The van der Waals surface area contributed by atoms with Crippen molar-refractivity contribution < 1.29 is 18.4 Å². The Morgan fingerprint density at radius 2 is 2.11 bits per heavy atom. The number of hydrogen-bond acceptors (Lipinski definition) is 5. The Balaban J connectivity index is 1.96. The van der Waals surface area contributed by atoms with E-state index in [1.54, 1.807) is 24.3 Å². The number of hydrogen-bond donors (Lipinski definition) is 2. The molecule has 0 saturated carbocycles. The lowest BCUT2D eigenvalue weighted by Crippen LogP contribution is -2.18. The fraction of sp³-hybridized carbons (Fsp3) is 0.417. The van der Waals surface area contributed by atoms with Gasteiger partial charge in [-0.15, -0.1) is 0 Å². The zero-order chi connectivity index (χ0) is 13.9. The summed E-state index contributed by atoms with van der Waals surface area (Å²) >= 11 is 0. The molecular formula is C12H16N2O4S. The van der Waals surface area contributed by atoms with Crippen LogP contribution in [0.3, 0.4) is 0 Å². The summed E-state index contributed by atoms with van der Waals surface area (Å²) < 4.78 is 28.2. The second-order valence-electron chi connectivity index (χ2n) is 4.55. The summed E-state index contributed by atoms with van der Waals surface area (Å²) in [4.78, 5) is 0. The minimum absolute atomic E-state index is 0.0822. The number of sulfone groups is 1. The topological polar surface area (TPSA) is 102 Å². The summed E-state index contributed by atoms with van der Waals surface area (Å²) in [5, 5.41) is 11.4. The van der Waals surface area contributed by atoms with Crippen molar-refractivity contribution in [3.05, 3.63) is 29.8 Å². The Bertz CT molecular complexity index is 566. The fourth-order valence-electron chi connectivity index (χ4n) is 1.98. The molecule has 0 aromatic heterocycles. The van der Waals surface area contributed by atoms with Crippen LogP contribution in [0.2, 0.25) is 0 Å². The molecule has 0 spiro atoms. The van der Waals surface area contributed by atoms with E-state index in [0.29, 0.717) is 18.6 Å². The molecule has 1 unspecified atom stereocenters. The molecule has 0 radical (unpaired) electrons. The Morgan fingerprint density at radius 3 is 2.63 bits per heavy atom. The van der Waals surface area contributed by atoms with E-state index in [-0.39, 0.29) is 23.4 Å². The number of nitrogens with two attached hydrogens (primary N) is 1. The standard InChI is InChI=1S/C12H16N2O4S/c13-12(14-15)7-9-1-3-10(4-2-9)18-11-5-6-19(16,17)8-11/h1-4,11,15H,5-8H2,(H2,13,14). The third-order valence-electron chi connectivity index (χ3n) is 2.93. The monoisotopic (exact) mass is 284 g/mol. The van der Waals surface area contributed by atoms with Crippen molar-refractivity contribution in [1.29, 1.82) is 0 Å². The molecule has 1 aromatic rings. The van der Waals surface area contributed by atoms with Gasteiger partial charge in [0.1, 0.15) is 17.7 Å². The Hall–Kier alpha value is -1.76. The lowest BCUT2D eigenvalue weighted by atomic mass is 10.1. The molecule has 3 N–H and O–H groups in total. The van der Waals surface area contributed by atoms with Gasteiger partial charge < -0.3 is 15.7 Å². The minimum atomic E-state index is -2.93. The number of rotatable bonds is 4. The van der Waals surface area contributed by atoms with Crippen LogP contribution in [0, 0.1) is 0 Å². The van der Waals surface area contributed by atoms with Gasteiger partial charge in [0.15, 0.2) is 9.84 Å². The molecule has 19 heavy (non-hydrogen) atoms. The third kappa shape index (κ3) is 3.85. The number of benzene rings is 1. The first-order valence-corrected chi connectivity index (χ1v) is 7.73. The van der Waals surface area contributed by atoms with Crippen LogP contribution in [0.4, 0.5) is 0 Å². The third-order valence-corrected chi connectivity index (χ3v) is 4.67. The molecular weight excluding hydrogens is 268 g/mol. The van der Waals surface area contributed by atoms with E-state index < -0.39 is 9.84 Å². The number of nitrogens with zero attached hydrogens (tertiary/aromatic N) is 1. The summed E-state index contributed by atoms with van der Waals surface area (Å²) in [7, 11) is -2.93. The molecule has 6 nitrogen and oxygen atoms in total. The highest BCUT2D eigenvalue weighted by Crippen LogP contribution is 2.20. The number of ether oxygens (including phenoxy) is 1. The van der Waals surface area contributed by atoms with Gasteiger partial charge >= 0.3 is 0 Å². The van der Waals surface area contributed by atoms with E-state index in [1.165, 1.54) is 0 Å². The number of amidine groups is 1. The molecule has 104 valence electrons. The second kappa shape index (κ2) is 5.48. The molecule has 1 atom stereocenters. The van der Waals surface area contributed by atoms with Crippen LogP contribution in [0.25, 0.3) is 0 Å². The van der Waals surface area contributed by atoms with Gasteiger partial charge in [0.25, 0.3) is 0 Å². The average Bonchev–Trinajstić information content (AvgIpc) is 2.71. The van der Waals surface area contributed by atoms with E-state index in [2.05, 4.69) is 5.16 Å². The van der Waals surface area contributed by atoms with Crippen molar-refractivity contribution in [2.75, 3.05) is 11.5 Å². The van der Waals surface area contributed by atoms with Crippen LogP contribution in [0.15, 0.2) is 29.4 Å². The van der Waals surface area contributed by atoms with Crippen LogP contribution in [-0.2, 0) is 16.3 Å². The van der Waals surface area contributed by atoms with Gasteiger partial charge in [0.05, 0.1) is 11.5 Å². The highest BCUT2D eigenvalue weighted by atomic mass is 32.2. The molecule has 1 aliphatic heterocycles. The first kappa shape index (κ1) is 13.7. The van der Waals surface area contributed by atoms with Gasteiger partial charge in [0.2, 0.25) is 0 Å². The van der Waals surface area contributed by atoms with Crippen LogP contribution in [0.5, 0.6) is 5.75 Å². The van der Waals surface area contributed by atoms with Crippen LogP contribution in [-0.4, -0.2) is 37.1 Å². The van der Waals surface area contributed by atoms with Gasteiger partial charge in [-0.05, 0) is 24.1 Å². The van der Waals surface area contributed by atoms with E-state index >= 15 is 0 Å². The lowest BCUT2D eigenvalue weighted by molar-refractivity contribution is 0.229. The first-order valence-electron chi connectivity index (χ1n) is 5.91. The van der Waals surface area contributed by atoms with Crippen molar-refractivity contribution in [3.63, 3.8) is 0 Å². The van der Waals surface area contributed by atoms with E-state index in [1.807, 2.05) is 0 Å². The van der Waals surface area contributed by atoms with E-state index in [4.69, 9.17) is 15.7 Å². The first-order chi connectivity index (χ1) is 8.98. The van der Waals surface area contributed by atoms with Crippen LogP contribution < -0.4 is 10.5 Å². The Kier molecular flexibility index (Phi) is 3.94. The van der Waals surface area contributed by atoms with Crippen molar-refractivity contribution in [2.45, 2.75) is 18.9 Å². The van der Waals surface area contributed by atoms with Gasteiger partial charge in [0, 0.05) is 6.42 Å². The van der Waals surface area contributed by atoms with Gasteiger partial charge in [-0.25, -0.2) is 8.42 Å². The van der Waals surface area contributed by atoms with Crippen molar-refractivity contribution in [1.82, 2.24) is 0 Å². The quantitative estimate of drug-likeness (QED) is 0.364. The normalized spacial score (nSPS) is 22.3. The summed E-state index contributed by atoms with van der Waals surface area (Å²) in [6.45, 7) is 0. The molecule has 0 bridgehead atoms. The summed E-state index contributed by atoms with van der Waals surface area (Å²) in [6, 6.07) is 7.11. The Morgan fingerprint density at radius 1 is 1.42 bits per heavy atom. The summed E-state index contributed by atoms with van der Waals surface area (Å²) in [5.74, 6) is 1.04. The maximum absolute atomic E-state index is 11.3. The second-order valence-corrected chi connectivity index (χ2v) is 6.78. The molecule has 1 aromatic carbocycles. The minimum Gasteiger partial charge on any atom is -0.489 e. The van der Waals surface area contributed by atoms with Gasteiger partial charge in [-0.3, -0.25) is 0 Å². The van der Waals surface area contributed by atoms with Crippen LogP contribution in [0.1, 0.15) is 12.0 Å². The maximum Gasteiger partial charge on any atom is 0.154 e. The fourth-order valence-corrected chi connectivity index (χ4v) is 3.57. The smallest absolute Gasteiger partial charge is 0.154 e. The zero-order valence-corrected chi connectivity index (χ0v) is 11.1. The highest BCUT2D eigenvalue weighted by molar-refractivity contribution is 7.91. The van der Waals surface area contributed by atoms with Crippen molar-refractivity contribution in [3.8, 4) is 5.75 Å². The van der Waals surface area contributed by atoms with Gasteiger partial charge in [-0.2, -0.15) is 0 Å². The molecule has 7 heteroatoms. The van der Waals surface area contributed by atoms with E-state index in [0.717, 1.165) is 5.56 Å². The molecule has 1 heterocycles. The van der Waals surface area contributed by atoms with Crippen molar-refractivity contribution >= 4 is 15.7 Å². The Labute approximate surface area is 111 Å². The van der Waals surface area contributed by atoms with Crippen LogP contribution >= 0.6 is 0 Å². The zero-order valence-electron chi connectivity index (χ0n) is 10.3. The average molecular weight is 284 g/mol. The molecule has 1 aliphatic rings. The number of oxime groups is 1. The molecule has 2 rings (SSSR count). The molecule has 1 saturated heterocycles. The molecule has 0 amide bonds. The summed E-state index contributed by atoms with van der Waals surface area (Å²) in [5.41, 5.74) is 6.30. The van der Waals surface area contributed by atoms with Gasteiger partial charge in [-0.1, -0.05) is 17.3 Å². The maximum atomic E-state index is 11.3. The SMILES string of the molecule is N/C(Cc1ccc(OC2CCS(=O)(=O)C2)cc1)=N\O. The predicted octanol–water partition coefficient (Wildman–Crippen LogP) is 0.541. The largest absolute Gasteiger partial charge is 0.489 e. The summed E-state index contributed by atoms with van der Waals surface area (Å²) in [6.07, 6.45) is 0.628. The van der Waals surface area contributed by atoms with E-state index in [9.17, 15) is 8.42 Å².